The number of quaternary nitrogens is 2. The number of thiol groups is 2. The molecule has 0 aromatic heterocycles. The topological polar surface area (TPSA) is 0 Å². The Morgan fingerprint density at radius 1 is 0.387 bits per heavy atom. The first kappa shape index (κ1) is 42.9. The first-order chi connectivity index (χ1) is 13.9. The zero-order valence-electron chi connectivity index (χ0n) is 22.3. The molecule has 0 aliphatic rings. The van der Waals surface area contributed by atoms with Crippen molar-refractivity contribution in [1.82, 2.24) is 0 Å². The molecule has 0 aromatic rings. The molecule has 0 atom stereocenters. The van der Waals surface area contributed by atoms with E-state index in [2.05, 4.69) is 75.0 Å². The van der Waals surface area contributed by atoms with E-state index in [-0.39, 0.29) is 41.9 Å². The third kappa shape index (κ3) is 24.7. The van der Waals surface area contributed by atoms with Crippen molar-refractivity contribution in [2.75, 3.05) is 52.4 Å². The Kier molecular flexibility index (Phi) is 43.9. The molecule has 0 fully saturated rings. The maximum absolute atomic E-state index is 4.34. The monoisotopic (exact) mass is 600 g/mol. The van der Waals surface area contributed by atoms with Gasteiger partial charge in [0, 0.05) is 0 Å². The summed E-state index contributed by atoms with van der Waals surface area (Å²) in [5, 5.41) is 0. The number of hydrogen-bond acceptors (Lipinski definition) is 4. The van der Waals surface area contributed by atoms with Crippen LogP contribution in [0.5, 0.6) is 0 Å². The van der Waals surface area contributed by atoms with Gasteiger partial charge >= 0.3 is 34.6 Å². The van der Waals surface area contributed by atoms with E-state index in [1.165, 1.54) is 113 Å². The molecule has 7 heteroatoms. The van der Waals surface area contributed by atoms with E-state index in [4.69, 9.17) is 0 Å². The van der Waals surface area contributed by atoms with Crippen molar-refractivity contribution in [2.45, 2.75) is 107 Å². The summed E-state index contributed by atoms with van der Waals surface area (Å²) in [7, 11) is 8.68. The van der Waals surface area contributed by atoms with Gasteiger partial charge in [0.25, 0.3) is 0 Å². The van der Waals surface area contributed by atoms with E-state index < -0.39 is 0 Å². The standard InChI is InChI=1S/2C12H28N.Mo.2H2S.2S/c2*1-5-9-13(10-6-2,11-7-3)12-8-4;;;;;/h2*5-12H2,1-4H3;;2*1H2;;/q2*+1;;;;;/p-2. The van der Waals surface area contributed by atoms with Crippen LogP contribution < -0.4 is 0 Å². The molecule has 0 unspecified atom stereocenters. The van der Waals surface area contributed by atoms with Crippen LogP contribution in [0.15, 0.2) is 0 Å². The fourth-order valence-corrected chi connectivity index (χ4v) is 5.14. The molecule has 0 heterocycles. The molecule has 31 heavy (non-hydrogen) atoms. The summed E-state index contributed by atoms with van der Waals surface area (Å²) in [5.74, 6) is 0. The van der Waals surface area contributed by atoms with Crippen molar-refractivity contribution < 1.29 is 23.9 Å². The second-order valence-electron chi connectivity index (χ2n) is 8.54. The fourth-order valence-electron chi connectivity index (χ4n) is 5.14. The van der Waals surface area contributed by atoms with Crippen molar-refractivity contribution in [3.8, 4) is 0 Å². The maximum atomic E-state index is 4.34. The van der Waals surface area contributed by atoms with Crippen LogP contribution in [0.2, 0.25) is 0 Å². The molecule has 0 N–H and O–H groups in total. The molecular formula is C24H58MoN2S4. The van der Waals surface area contributed by atoms with E-state index in [9.17, 15) is 0 Å². The minimum absolute atomic E-state index is 0. The molecule has 0 saturated carbocycles. The summed E-state index contributed by atoms with van der Waals surface area (Å²) in [5.41, 5.74) is 0. The Hall–Kier alpha value is 1.75. The summed E-state index contributed by atoms with van der Waals surface area (Å²) < 4.78 is 2.75. The Labute approximate surface area is 228 Å². The normalized spacial score (nSPS) is 10.5. The second kappa shape index (κ2) is 31.7. The first-order valence-electron chi connectivity index (χ1n) is 12.5. The predicted molar refractivity (Wildman–Crippen MR) is 154 cm³/mol. The summed E-state index contributed by atoms with van der Waals surface area (Å²) in [4.78, 5) is 0. The second-order valence-corrected chi connectivity index (χ2v) is 12.1. The van der Waals surface area contributed by atoms with Crippen LogP contribution in [0.25, 0.3) is 0 Å². The molecule has 0 aromatic carbocycles. The number of nitrogens with zero attached hydrogens (tertiary/aromatic N) is 2. The van der Waals surface area contributed by atoms with Crippen LogP contribution in [0.3, 0.4) is 0 Å². The zero-order chi connectivity index (χ0) is 23.0. The van der Waals surface area contributed by atoms with E-state index in [0.29, 0.717) is 0 Å². The molecule has 0 rings (SSSR count). The van der Waals surface area contributed by atoms with Crippen LogP contribution in [0, 0.1) is 0 Å². The van der Waals surface area contributed by atoms with Gasteiger partial charge in [-0.25, -0.2) is 0 Å². The molecule has 194 valence electrons. The molecular weight excluding hydrogens is 540 g/mol. The van der Waals surface area contributed by atoms with Crippen molar-refractivity contribution in [3.63, 3.8) is 0 Å². The summed E-state index contributed by atoms with van der Waals surface area (Å²) in [6.07, 6.45) is 10.7. The van der Waals surface area contributed by atoms with Gasteiger partial charge < -0.3 is 36.0 Å². The van der Waals surface area contributed by atoms with E-state index in [0.717, 1.165) is 0 Å². The molecule has 0 bridgehead atoms. The van der Waals surface area contributed by atoms with E-state index >= 15 is 0 Å². The van der Waals surface area contributed by atoms with Crippen molar-refractivity contribution in [1.29, 1.82) is 0 Å². The molecule has 0 amide bonds. The van der Waals surface area contributed by atoms with Gasteiger partial charge in [0.1, 0.15) is 0 Å². The SMILES string of the molecule is CCC[N+](CCC)(CCC)CCC.CCC[N+](CCC)(CCC)CCC.[SH-].[SH-].[S]=[Mo]=[S]. The van der Waals surface area contributed by atoms with Crippen LogP contribution in [-0.2, 0) is 41.9 Å². The summed E-state index contributed by atoms with van der Waals surface area (Å²) >= 11 is -0.363. The van der Waals surface area contributed by atoms with Crippen LogP contribution >= 0.6 is 19.6 Å². The van der Waals surface area contributed by atoms with Gasteiger partial charge in [-0.1, -0.05) is 55.4 Å². The minimum atomic E-state index is -0.363. The summed E-state index contributed by atoms with van der Waals surface area (Å²) in [6, 6.07) is 0. The number of hydrogen-bond donors (Lipinski definition) is 0. The molecule has 0 spiro atoms. The molecule has 0 saturated heterocycles. The predicted octanol–water partition coefficient (Wildman–Crippen LogP) is 7.64. The van der Waals surface area contributed by atoms with Gasteiger partial charge in [-0.2, -0.15) is 0 Å². The third-order valence-electron chi connectivity index (χ3n) is 5.58. The van der Waals surface area contributed by atoms with E-state index in [1.807, 2.05) is 0 Å². The van der Waals surface area contributed by atoms with Crippen LogP contribution in [-0.4, -0.2) is 61.3 Å². The molecule has 0 aliphatic heterocycles. The number of rotatable bonds is 16. The Morgan fingerprint density at radius 3 is 0.548 bits per heavy atom. The van der Waals surface area contributed by atoms with Crippen molar-refractivity contribution in [3.05, 3.63) is 0 Å². The molecule has 0 radical (unpaired) electrons. The zero-order valence-corrected chi connectivity index (χ0v) is 27.8. The first-order valence-corrected chi connectivity index (χ1v) is 18.1. The van der Waals surface area contributed by atoms with Crippen LogP contribution in [0.4, 0.5) is 0 Å². The van der Waals surface area contributed by atoms with Crippen molar-refractivity contribution >= 4 is 46.6 Å². The van der Waals surface area contributed by atoms with Gasteiger partial charge in [-0.3, -0.25) is 0 Å². The van der Waals surface area contributed by atoms with Gasteiger partial charge in [-0.05, 0) is 51.4 Å². The third-order valence-corrected chi connectivity index (χ3v) is 5.58. The van der Waals surface area contributed by atoms with Crippen molar-refractivity contribution in [2.24, 2.45) is 0 Å². The summed E-state index contributed by atoms with van der Waals surface area (Å²) in [6.45, 7) is 29.6. The van der Waals surface area contributed by atoms with Gasteiger partial charge in [0.05, 0.1) is 52.4 Å². The quantitative estimate of drug-likeness (QED) is 0.0775. The molecule has 2 nitrogen and oxygen atoms in total. The molecule has 0 aliphatic carbocycles. The van der Waals surface area contributed by atoms with Gasteiger partial charge in [0.2, 0.25) is 0 Å². The average molecular weight is 599 g/mol. The fraction of sp³-hybridized carbons (Fsp3) is 1.00. The van der Waals surface area contributed by atoms with Crippen LogP contribution in [0.1, 0.15) is 107 Å². The Morgan fingerprint density at radius 2 is 0.484 bits per heavy atom. The van der Waals surface area contributed by atoms with Gasteiger partial charge in [-0.15, -0.1) is 0 Å². The van der Waals surface area contributed by atoms with Gasteiger partial charge in [0.15, 0.2) is 0 Å². The van der Waals surface area contributed by atoms with E-state index in [1.54, 1.807) is 0 Å². The Bertz CT molecular complexity index is 278. The average Bonchev–Trinajstić information content (AvgIpc) is 2.65. The Balaban J connectivity index is -0.000000122.